The summed E-state index contributed by atoms with van der Waals surface area (Å²) in [7, 11) is -0.628. The second-order valence-corrected chi connectivity index (χ2v) is 9.92. The van der Waals surface area contributed by atoms with E-state index in [1.807, 2.05) is 39.8 Å². The van der Waals surface area contributed by atoms with Gasteiger partial charge in [-0.3, -0.25) is 10.1 Å². The first-order chi connectivity index (χ1) is 16.6. The lowest BCUT2D eigenvalue weighted by atomic mass is 9.78. The molecule has 1 aliphatic rings. The summed E-state index contributed by atoms with van der Waals surface area (Å²) in [5, 5.41) is 15.0. The van der Waals surface area contributed by atoms with Crippen LogP contribution in [0.4, 0.5) is 24.7 Å². The highest BCUT2D eigenvalue weighted by molar-refractivity contribution is 6.62. The van der Waals surface area contributed by atoms with Crippen LogP contribution >= 0.6 is 0 Å². The Morgan fingerprint density at radius 3 is 2.28 bits per heavy atom. The number of aromatic nitrogens is 2. The summed E-state index contributed by atoms with van der Waals surface area (Å²) in [6.07, 6.45) is -4.73. The molecule has 1 aliphatic heterocycles. The number of fused-ring (bicyclic) bond motifs is 1. The number of anilines is 1. The Morgan fingerprint density at radius 2 is 1.69 bits per heavy atom. The van der Waals surface area contributed by atoms with Crippen molar-refractivity contribution in [3.63, 3.8) is 0 Å². The Kier molecular flexibility index (Phi) is 6.24. The normalized spacial score (nSPS) is 17.9. The maximum absolute atomic E-state index is 13.4. The molecule has 1 fully saturated rings. The molecule has 0 saturated carbocycles. The standard InChI is InChI=1S/C24H26BF3N4O4/c1-13(15-9-16(24(26,27)28)11-18(10-15)32(33)34)29-21-19-12-17(7-8-20(19)30-14(2)31-21)25-35-22(3,4)23(5,6)36-25/h7-13H,1-6H3,(H,29,30,31)/t13-/m1/s1. The molecule has 0 amide bonds. The molecule has 36 heavy (non-hydrogen) atoms. The van der Waals surface area contributed by atoms with Crippen LogP contribution < -0.4 is 10.8 Å². The van der Waals surface area contributed by atoms with Crippen LogP contribution in [0.2, 0.25) is 0 Å². The molecule has 3 aromatic rings. The fourth-order valence-electron chi connectivity index (χ4n) is 3.94. The minimum absolute atomic E-state index is 0.100. The van der Waals surface area contributed by atoms with Crippen molar-refractivity contribution < 1.29 is 27.4 Å². The predicted octanol–water partition coefficient (Wildman–Crippen LogP) is 5.34. The van der Waals surface area contributed by atoms with Gasteiger partial charge in [0.25, 0.3) is 5.69 Å². The smallest absolute Gasteiger partial charge is 0.399 e. The number of alkyl halides is 3. The molecule has 12 heteroatoms. The number of rotatable bonds is 5. The quantitative estimate of drug-likeness (QED) is 0.286. The second kappa shape index (κ2) is 8.70. The maximum Gasteiger partial charge on any atom is 0.494 e. The van der Waals surface area contributed by atoms with E-state index in [-0.39, 0.29) is 5.56 Å². The van der Waals surface area contributed by atoms with Gasteiger partial charge in [0.05, 0.1) is 33.2 Å². The molecule has 1 saturated heterocycles. The van der Waals surface area contributed by atoms with Gasteiger partial charge in [-0.05, 0) is 70.8 Å². The van der Waals surface area contributed by atoms with Crippen molar-refractivity contribution in [2.45, 2.75) is 65.0 Å². The van der Waals surface area contributed by atoms with Crippen LogP contribution in [0.5, 0.6) is 0 Å². The number of hydrogen-bond donors (Lipinski definition) is 1. The molecule has 4 rings (SSSR count). The van der Waals surface area contributed by atoms with Gasteiger partial charge >= 0.3 is 13.3 Å². The first kappa shape index (κ1) is 25.8. The lowest BCUT2D eigenvalue weighted by molar-refractivity contribution is -0.385. The molecule has 8 nitrogen and oxygen atoms in total. The number of aryl methyl sites for hydroxylation is 1. The van der Waals surface area contributed by atoms with Gasteiger partial charge in [0, 0.05) is 17.5 Å². The van der Waals surface area contributed by atoms with Crippen LogP contribution in [0, 0.1) is 17.0 Å². The molecule has 1 aromatic heterocycles. The highest BCUT2D eigenvalue weighted by atomic mass is 19.4. The number of halogens is 3. The summed E-state index contributed by atoms with van der Waals surface area (Å²) >= 11 is 0. The minimum atomic E-state index is -4.73. The molecule has 0 spiro atoms. The zero-order valence-corrected chi connectivity index (χ0v) is 20.7. The predicted molar refractivity (Wildman–Crippen MR) is 130 cm³/mol. The molecule has 1 N–H and O–H groups in total. The summed E-state index contributed by atoms with van der Waals surface area (Å²) in [5.74, 6) is 0.832. The van der Waals surface area contributed by atoms with Gasteiger partial charge in [0.1, 0.15) is 11.6 Å². The van der Waals surface area contributed by atoms with Crippen molar-refractivity contribution in [1.29, 1.82) is 0 Å². The van der Waals surface area contributed by atoms with Crippen molar-refractivity contribution in [1.82, 2.24) is 9.97 Å². The van der Waals surface area contributed by atoms with Crippen LogP contribution in [0.1, 0.15) is 57.6 Å². The van der Waals surface area contributed by atoms with Crippen LogP contribution in [0.25, 0.3) is 10.9 Å². The molecule has 1 atom stereocenters. The van der Waals surface area contributed by atoms with E-state index >= 15 is 0 Å². The van der Waals surface area contributed by atoms with Crippen molar-refractivity contribution in [3.8, 4) is 0 Å². The van der Waals surface area contributed by atoms with E-state index in [0.29, 0.717) is 28.6 Å². The van der Waals surface area contributed by atoms with Gasteiger partial charge < -0.3 is 14.6 Å². The van der Waals surface area contributed by atoms with Crippen LogP contribution in [-0.2, 0) is 15.5 Å². The summed E-state index contributed by atoms with van der Waals surface area (Å²) in [4.78, 5) is 19.3. The number of nitro benzene ring substituents is 1. The SMILES string of the molecule is Cc1nc(N[C@H](C)c2cc([N+](=O)[O-])cc(C(F)(F)F)c2)c2cc(B3OC(C)(C)C(C)(C)O3)ccc2n1. The molecular weight excluding hydrogens is 476 g/mol. The van der Waals surface area contributed by atoms with E-state index in [1.165, 1.54) is 0 Å². The van der Waals surface area contributed by atoms with Gasteiger partial charge in [0.15, 0.2) is 0 Å². The van der Waals surface area contributed by atoms with Gasteiger partial charge in [-0.15, -0.1) is 0 Å². The van der Waals surface area contributed by atoms with Gasteiger partial charge in [-0.25, -0.2) is 9.97 Å². The van der Waals surface area contributed by atoms with Crippen molar-refractivity contribution >= 4 is 35.0 Å². The van der Waals surface area contributed by atoms with Crippen molar-refractivity contribution in [2.24, 2.45) is 0 Å². The Morgan fingerprint density at radius 1 is 1.06 bits per heavy atom. The summed E-state index contributed by atoms with van der Waals surface area (Å²) in [6, 6.07) is 7.28. The highest BCUT2D eigenvalue weighted by Crippen LogP contribution is 2.37. The molecule has 2 heterocycles. The Labute approximate surface area is 206 Å². The summed E-state index contributed by atoms with van der Waals surface area (Å²) < 4.78 is 52.4. The number of nitrogens with zero attached hydrogens (tertiary/aromatic N) is 3. The third-order valence-corrected chi connectivity index (χ3v) is 6.69. The average Bonchev–Trinajstić information content (AvgIpc) is 2.99. The number of non-ortho nitro benzene ring substituents is 1. The number of benzene rings is 2. The first-order valence-electron chi connectivity index (χ1n) is 11.3. The van der Waals surface area contributed by atoms with Gasteiger partial charge in [0.2, 0.25) is 0 Å². The highest BCUT2D eigenvalue weighted by Gasteiger charge is 2.51. The summed E-state index contributed by atoms with van der Waals surface area (Å²) in [6.45, 7) is 11.1. The molecule has 0 unspecified atom stereocenters. The first-order valence-corrected chi connectivity index (χ1v) is 11.3. The van der Waals surface area contributed by atoms with Gasteiger partial charge in [-0.1, -0.05) is 6.07 Å². The molecule has 0 aliphatic carbocycles. The van der Waals surface area contributed by atoms with Crippen molar-refractivity contribution in [3.05, 3.63) is 63.5 Å². The van der Waals surface area contributed by atoms with Crippen LogP contribution in [0.15, 0.2) is 36.4 Å². The zero-order valence-electron chi connectivity index (χ0n) is 20.7. The van der Waals surface area contributed by atoms with E-state index in [2.05, 4.69) is 15.3 Å². The zero-order chi connectivity index (χ0) is 26.6. The third-order valence-electron chi connectivity index (χ3n) is 6.69. The Bertz CT molecular complexity index is 1330. The van der Waals surface area contributed by atoms with Crippen LogP contribution in [0.3, 0.4) is 0 Å². The fourth-order valence-corrected chi connectivity index (χ4v) is 3.94. The van der Waals surface area contributed by atoms with E-state index in [4.69, 9.17) is 9.31 Å². The molecule has 0 radical (unpaired) electrons. The second-order valence-electron chi connectivity index (χ2n) is 9.92. The lowest BCUT2D eigenvalue weighted by Crippen LogP contribution is -2.41. The molecule has 2 aromatic carbocycles. The van der Waals surface area contributed by atoms with E-state index in [0.717, 1.165) is 17.6 Å². The third kappa shape index (κ3) is 4.87. The van der Waals surface area contributed by atoms with Gasteiger partial charge in [-0.2, -0.15) is 13.2 Å². The number of nitro groups is 1. The van der Waals surface area contributed by atoms with Crippen molar-refractivity contribution in [2.75, 3.05) is 5.32 Å². The number of hydrogen-bond acceptors (Lipinski definition) is 7. The fraction of sp³-hybridized carbons (Fsp3) is 0.417. The van der Waals surface area contributed by atoms with E-state index < -0.39 is 46.7 Å². The Hall–Kier alpha value is -3.25. The molecular formula is C24H26BF3N4O4. The van der Waals surface area contributed by atoms with E-state index in [1.54, 1.807) is 19.9 Å². The minimum Gasteiger partial charge on any atom is -0.399 e. The van der Waals surface area contributed by atoms with E-state index in [9.17, 15) is 23.3 Å². The largest absolute Gasteiger partial charge is 0.494 e. The Balaban J connectivity index is 1.73. The maximum atomic E-state index is 13.4. The molecule has 190 valence electrons. The topological polar surface area (TPSA) is 99.4 Å². The number of nitrogens with one attached hydrogen (secondary N) is 1. The van der Waals surface area contributed by atoms with Crippen LogP contribution in [-0.4, -0.2) is 33.2 Å². The monoisotopic (exact) mass is 502 g/mol. The lowest BCUT2D eigenvalue weighted by Gasteiger charge is -2.32. The molecule has 0 bridgehead atoms. The average molecular weight is 502 g/mol. The summed E-state index contributed by atoms with van der Waals surface area (Å²) in [5.41, 5.74) is -1.35.